The average molecular weight is 325 g/mol. The van der Waals surface area contributed by atoms with Crippen LogP contribution in [0.4, 0.5) is 5.69 Å². The molecule has 1 aliphatic heterocycles. The van der Waals surface area contributed by atoms with Crippen molar-refractivity contribution in [1.29, 1.82) is 0 Å². The molecule has 0 fully saturated rings. The molecule has 0 saturated heterocycles. The van der Waals surface area contributed by atoms with Gasteiger partial charge < -0.3 is 5.32 Å². The number of hydrazone groups is 1. The molecule has 0 saturated carbocycles. The number of aryl methyl sites for hydroxylation is 1. The number of amides is 1. The third-order valence-electron chi connectivity index (χ3n) is 3.57. The Balaban J connectivity index is 1.61. The van der Waals surface area contributed by atoms with Gasteiger partial charge in [0.2, 0.25) is 5.91 Å². The molecule has 1 heterocycles. The second-order valence-corrected chi connectivity index (χ2v) is 7.31. The van der Waals surface area contributed by atoms with Crippen molar-refractivity contribution in [2.45, 2.75) is 25.1 Å². The molecular formula is C18H19N3OS. The maximum Gasteiger partial charge on any atom is 0.227 e. The zero-order valence-electron chi connectivity index (χ0n) is 13.2. The maximum absolute atomic E-state index is 12.2. The summed E-state index contributed by atoms with van der Waals surface area (Å²) in [5.74, 6) is -0.0287. The van der Waals surface area contributed by atoms with Gasteiger partial charge in [0.1, 0.15) is 9.91 Å². The SMILES string of the molecule is Cc1ccc(C2=NNC(C)(CC(=O)Nc3ccccc3)S2)cc1. The standard InChI is InChI=1S/C18H19N3OS/c1-13-8-10-14(11-9-13)17-20-21-18(2,23-17)12-16(22)19-15-6-4-3-5-7-15/h3-11,21H,12H2,1-2H3,(H,19,22). The van der Waals surface area contributed by atoms with E-state index in [-0.39, 0.29) is 5.91 Å². The second kappa shape index (κ2) is 6.46. The third kappa shape index (κ3) is 3.93. The van der Waals surface area contributed by atoms with Crippen LogP contribution in [0.1, 0.15) is 24.5 Å². The molecule has 0 radical (unpaired) electrons. The number of nitrogens with one attached hydrogen (secondary N) is 2. The van der Waals surface area contributed by atoms with Crippen molar-refractivity contribution >= 4 is 28.4 Å². The largest absolute Gasteiger partial charge is 0.326 e. The minimum absolute atomic E-state index is 0.0287. The van der Waals surface area contributed by atoms with E-state index in [9.17, 15) is 4.79 Å². The van der Waals surface area contributed by atoms with Gasteiger partial charge in [-0.25, -0.2) is 0 Å². The summed E-state index contributed by atoms with van der Waals surface area (Å²) in [7, 11) is 0. The Morgan fingerprint density at radius 3 is 2.57 bits per heavy atom. The number of thioether (sulfide) groups is 1. The fourth-order valence-electron chi connectivity index (χ4n) is 2.36. The Bertz CT molecular complexity index is 728. The van der Waals surface area contributed by atoms with Crippen LogP contribution < -0.4 is 10.7 Å². The van der Waals surface area contributed by atoms with E-state index in [0.717, 1.165) is 16.3 Å². The van der Waals surface area contributed by atoms with Gasteiger partial charge in [-0.05, 0) is 26.0 Å². The molecule has 0 spiro atoms. The Hall–Kier alpha value is -2.27. The molecule has 0 aliphatic carbocycles. The predicted octanol–water partition coefficient (Wildman–Crippen LogP) is 3.74. The Morgan fingerprint density at radius 2 is 1.87 bits per heavy atom. The first kappa shape index (κ1) is 15.6. The minimum Gasteiger partial charge on any atom is -0.326 e. The first-order valence-corrected chi connectivity index (χ1v) is 8.32. The Morgan fingerprint density at radius 1 is 1.17 bits per heavy atom. The van der Waals surface area contributed by atoms with Crippen LogP contribution in [0.5, 0.6) is 0 Å². The Kier molecular flexibility index (Phi) is 4.39. The van der Waals surface area contributed by atoms with E-state index < -0.39 is 4.87 Å². The summed E-state index contributed by atoms with van der Waals surface area (Å²) in [6.07, 6.45) is 0.339. The molecule has 0 aromatic heterocycles. The number of carbonyl (C=O) groups is 1. The molecule has 1 aliphatic rings. The van der Waals surface area contributed by atoms with Gasteiger partial charge >= 0.3 is 0 Å². The molecule has 3 rings (SSSR count). The summed E-state index contributed by atoms with van der Waals surface area (Å²) in [6, 6.07) is 17.7. The molecule has 118 valence electrons. The number of benzene rings is 2. The highest BCUT2D eigenvalue weighted by Crippen LogP contribution is 2.34. The van der Waals surface area contributed by atoms with Gasteiger partial charge in [-0.15, -0.1) is 0 Å². The second-order valence-electron chi connectivity index (χ2n) is 5.82. The highest BCUT2D eigenvalue weighted by atomic mass is 32.2. The number of para-hydroxylation sites is 1. The van der Waals surface area contributed by atoms with Crippen molar-refractivity contribution in [2.75, 3.05) is 5.32 Å². The predicted molar refractivity (Wildman–Crippen MR) is 96.5 cm³/mol. The summed E-state index contributed by atoms with van der Waals surface area (Å²) in [6.45, 7) is 4.05. The van der Waals surface area contributed by atoms with E-state index in [1.807, 2.05) is 37.3 Å². The fraction of sp³-hybridized carbons (Fsp3) is 0.222. The summed E-state index contributed by atoms with van der Waals surface area (Å²) in [4.78, 5) is 11.8. The Labute approximate surface area is 140 Å². The van der Waals surface area contributed by atoms with Crippen LogP contribution in [-0.2, 0) is 4.79 Å². The van der Waals surface area contributed by atoms with Gasteiger partial charge in [0.25, 0.3) is 0 Å². The molecular weight excluding hydrogens is 306 g/mol. The highest BCUT2D eigenvalue weighted by Gasteiger charge is 2.35. The van der Waals surface area contributed by atoms with Crippen molar-refractivity contribution in [3.8, 4) is 0 Å². The lowest BCUT2D eigenvalue weighted by molar-refractivity contribution is -0.116. The maximum atomic E-state index is 12.2. The van der Waals surface area contributed by atoms with Crippen LogP contribution in [0.25, 0.3) is 0 Å². The highest BCUT2D eigenvalue weighted by molar-refractivity contribution is 8.15. The molecule has 23 heavy (non-hydrogen) atoms. The van der Waals surface area contributed by atoms with Crippen LogP contribution in [0.3, 0.4) is 0 Å². The number of rotatable bonds is 4. The molecule has 0 bridgehead atoms. The lowest BCUT2D eigenvalue weighted by Crippen LogP contribution is -2.36. The van der Waals surface area contributed by atoms with Crippen LogP contribution in [-0.4, -0.2) is 15.8 Å². The lowest BCUT2D eigenvalue weighted by atomic mass is 10.2. The van der Waals surface area contributed by atoms with E-state index in [0.29, 0.717) is 6.42 Å². The van der Waals surface area contributed by atoms with Gasteiger partial charge in [0.15, 0.2) is 0 Å². The summed E-state index contributed by atoms with van der Waals surface area (Å²) < 4.78 is 0. The molecule has 2 aromatic rings. The van der Waals surface area contributed by atoms with Gasteiger partial charge in [0.05, 0.1) is 6.42 Å². The molecule has 2 aromatic carbocycles. The van der Waals surface area contributed by atoms with Crippen molar-refractivity contribution in [3.05, 3.63) is 65.7 Å². The molecule has 4 nitrogen and oxygen atoms in total. The number of carbonyl (C=O) groups excluding carboxylic acids is 1. The van der Waals surface area contributed by atoms with Gasteiger partial charge in [-0.1, -0.05) is 59.8 Å². The summed E-state index contributed by atoms with van der Waals surface area (Å²) >= 11 is 1.59. The average Bonchev–Trinajstić information content (AvgIpc) is 2.90. The fourth-order valence-corrected chi connectivity index (χ4v) is 3.42. The monoisotopic (exact) mass is 325 g/mol. The first-order valence-electron chi connectivity index (χ1n) is 7.50. The van der Waals surface area contributed by atoms with Gasteiger partial charge in [0, 0.05) is 11.3 Å². The molecule has 1 amide bonds. The normalized spacial score (nSPS) is 19.8. The quantitative estimate of drug-likeness (QED) is 0.900. The molecule has 5 heteroatoms. The zero-order chi connectivity index (χ0) is 16.3. The number of hydrogen-bond donors (Lipinski definition) is 2. The van der Waals surface area contributed by atoms with Crippen molar-refractivity contribution in [2.24, 2.45) is 5.10 Å². The number of nitrogens with zero attached hydrogens (tertiary/aromatic N) is 1. The van der Waals surface area contributed by atoms with Crippen molar-refractivity contribution in [1.82, 2.24) is 5.43 Å². The van der Waals surface area contributed by atoms with Crippen LogP contribution >= 0.6 is 11.8 Å². The van der Waals surface area contributed by atoms with Gasteiger partial charge in [-0.3, -0.25) is 10.2 Å². The van der Waals surface area contributed by atoms with E-state index in [4.69, 9.17) is 0 Å². The van der Waals surface area contributed by atoms with E-state index in [1.54, 1.807) is 11.8 Å². The number of hydrogen-bond acceptors (Lipinski definition) is 4. The van der Waals surface area contributed by atoms with Crippen LogP contribution in [0, 0.1) is 6.92 Å². The van der Waals surface area contributed by atoms with Crippen molar-refractivity contribution in [3.63, 3.8) is 0 Å². The summed E-state index contributed by atoms with van der Waals surface area (Å²) in [5.41, 5.74) is 6.20. The topological polar surface area (TPSA) is 53.5 Å². The van der Waals surface area contributed by atoms with E-state index in [1.165, 1.54) is 5.56 Å². The van der Waals surface area contributed by atoms with E-state index in [2.05, 4.69) is 47.0 Å². The first-order chi connectivity index (χ1) is 11.0. The zero-order valence-corrected chi connectivity index (χ0v) is 14.0. The van der Waals surface area contributed by atoms with Crippen molar-refractivity contribution < 1.29 is 4.79 Å². The van der Waals surface area contributed by atoms with E-state index >= 15 is 0 Å². The minimum atomic E-state index is -0.431. The molecule has 2 N–H and O–H groups in total. The number of anilines is 1. The summed E-state index contributed by atoms with van der Waals surface area (Å²) in [5, 5.41) is 8.23. The smallest absolute Gasteiger partial charge is 0.227 e. The molecule has 1 unspecified atom stereocenters. The lowest BCUT2D eigenvalue weighted by Gasteiger charge is -2.21. The third-order valence-corrected chi connectivity index (χ3v) is 4.78. The van der Waals surface area contributed by atoms with Gasteiger partial charge in [-0.2, -0.15) is 5.10 Å². The van der Waals surface area contributed by atoms with Crippen LogP contribution in [0.2, 0.25) is 0 Å². The molecule has 1 atom stereocenters. The van der Waals surface area contributed by atoms with Crippen LogP contribution in [0.15, 0.2) is 59.7 Å².